The van der Waals surface area contributed by atoms with Gasteiger partial charge >= 0.3 is 10.8 Å². The molecule has 1 amide bonds. The van der Waals surface area contributed by atoms with Crippen molar-refractivity contribution in [1.82, 2.24) is 9.88 Å². The second-order valence-corrected chi connectivity index (χ2v) is 6.41. The van der Waals surface area contributed by atoms with Crippen LogP contribution in [0.25, 0.3) is 0 Å². The number of aliphatic carboxylic acids is 1. The van der Waals surface area contributed by atoms with E-state index in [2.05, 4.69) is 5.32 Å². The summed E-state index contributed by atoms with van der Waals surface area (Å²) in [5.74, 6) is -0.780. The average molecular weight is 312 g/mol. The third-order valence-electron chi connectivity index (χ3n) is 4.06. The minimum absolute atomic E-state index is 0.0542. The number of hydrogen-bond acceptors (Lipinski definition) is 4. The molecule has 6 nitrogen and oxygen atoms in total. The fourth-order valence-corrected chi connectivity index (χ4v) is 3.40. The monoisotopic (exact) mass is 312 g/mol. The quantitative estimate of drug-likeness (QED) is 0.856. The zero-order chi connectivity index (χ0) is 15.4. The fourth-order valence-electron chi connectivity index (χ4n) is 2.67. The largest absolute Gasteiger partial charge is 0.481 e. The number of carboxylic acids is 1. The van der Waals surface area contributed by atoms with Gasteiger partial charge in [-0.15, -0.1) is 0 Å². The Bertz CT molecular complexity index is 570. The van der Waals surface area contributed by atoms with Gasteiger partial charge in [0, 0.05) is 17.6 Å². The molecule has 1 aromatic heterocycles. The van der Waals surface area contributed by atoms with Crippen LogP contribution in [0.4, 0.5) is 0 Å². The van der Waals surface area contributed by atoms with Gasteiger partial charge in [0.05, 0.1) is 5.92 Å². The summed E-state index contributed by atoms with van der Waals surface area (Å²) in [5.41, 5.74) is 0.794. The van der Waals surface area contributed by atoms with E-state index in [1.165, 1.54) is 4.57 Å². The molecular formula is C14H20N2O4S. The van der Waals surface area contributed by atoms with Crippen LogP contribution in [-0.2, 0) is 16.1 Å². The van der Waals surface area contributed by atoms with Crippen LogP contribution >= 0.6 is 11.3 Å². The van der Waals surface area contributed by atoms with E-state index in [0.717, 1.165) is 29.9 Å². The molecule has 21 heavy (non-hydrogen) atoms. The van der Waals surface area contributed by atoms with E-state index >= 15 is 0 Å². The first-order chi connectivity index (χ1) is 9.97. The number of nitrogens with one attached hydrogen (secondary N) is 1. The summed E-state index contributed by atoms with van der Waals surface area (Å²) in [6.45, 7) is 2.42. The highest BCUT2D eigenvalue weighted by Gasteiger charge is 2.26. The number of carbonyl (C=O) groups excluding carboxylic acids is 1. The van der Waals surface area contributed by atoms with E-state index in [1.54, 1.807) is 12.3 Å². The van der Waals surface area contributed by atoms with Gasteiger partial charge in [-0.05, 0) is 38.5 Å². The number of nitrogens with zero attached hydrogens (tertiary/aromatic N) is 1. The van der Waals surface area contributed by atoms with E-state index in [4.69, 9.17) is 5.11 Å². The highest BCUT2D eigenvalue weighted by Crippen LogP contribution is 2.28. The number of carboxylic acid groups (broad SMARTS) is 1. The van der Waals surface area contributed by atoms with Gasteiger partial charge in [0.15, 0.2) is 0 Å². The summed E-state index contributed by atoms with van der Waals surface area (Å²) in [5, 5.41) is 13.5. The lowest BCUT2D eigenvalue weighted by atomic mass is 9.82. The van der Waals surface area contributed by atoms with Crippen LogP contribution in [0, 0.1) is 18.8 Å². The molecule has 1 aromatic rings. The van der Waals surface area contributed by atoms with Crippen LogP contribution in [0.5, 0.6) is 0 Å². The van der Waals surface area contributed by atoms with Crippen LogP contribution in [0.1, 0.15) is 31.4 Å². The Morgan fingerprint density at radius 3 is 2.57 bits per heavy atom. The molecular weight excluding hydrogens is 292 g/mol. The summed E-state index contributed by atoms with van der Waals surface area (Å²) < 4.78 is 1.46. The Morgan fingerprint density at radius 1 is 1.38 bits per heavy atom. The molecule has 0 aliphatic heterocycles. The standard InChI is InChI=1S/C14H20N2O4S/c1-9-8-21-14(20)16(9)7-12(17)15-6-10-2-4-11(5-3-10)13(18)19/h8,10-11H,2-7H2,1H3,(H,15,17)(H,18,19). The maximum Gasteiger partial charge on any atom is 0.307 e. The van der Waals surface area contributed by atoms with Gasteiger partial charge in [0.2, 0.25) is 5.91 Å². The van der Waals surface area contributed by atoms with Crippen molar-refractivity contribution in [3.63, 3.8) is 0 Å². The first-order valence-corrected chi connectivity index (χ1v) is 7.99. The Morgan fingerprint density at radius 2 is 2.05 bits per heavy atom. The molecule has 1 fully saturated rings. The highest BCUT2D eigenvalue weighted by atomic mass is 32.1. The van der Waals surface area contributed by atoms with Crippen molar-refractivity contribution >= 4 is 23.2 Å². The lowest BCUT2D eigenvalue weighted by molar-refractivity contribution is -0.143. The number of aryl methyl sites for hydroxylation is 1. The smallest absolute Gasteiger partial charge is 0.307 e. The number of aromatic nitrogens is 1. The van der Waals surface area contributed by atoms with Crippen LogP contribution < -0.4 is 10.2 Å². The average Bonchev–Trinajstić information content (AvgIpc) is 2.77. The van der Waals surface area contributed by atoms with Gasteiger partial charge in [-0.25, -0.2) is 0 Å². The third kappa shape index (κ3) is 4.17. The van der Waals surface area contributed by atoms with E-state index in [1.807, 2.05) is 0 Å². The fraction of sp³-hybridized carbons (Fsp3) is 0.643. The predicted octanol–water partition coefficient (Wildman–Crippen LogP) is 1.23. The lowest BCUT2D eigenvalue weighted by Crippen LogP contribution is -2.35. The van der Waals surface area contributed by atoms with Crippen molar-refractivity contribution in [2.75, 3.05) is 6.54 Å². The highest BCUT2D eigenvalue weighted by molar-refractivity contribution is 7.07. The van der Waals surface area contributed by atoms with E-state index in [9.17, 15) is 14.4 Å². The van der Waals surface area contributed by atoms with Crippen molar-refractivity contribution in [2.24, 2.45) is 11.8 Å². The maximum atomic E-state index is 11.9. The van der Waals surface area contributed by atoms with Crippen molar-refractivity contribution in [3.05, 3.63) is 20.7 Å². The molecule has 2 N–H and O–H groups in total. The summed E-state index contributed by atoms with van der Waals surface area (Å²) in [6, 6.07) is 0. The lowest BCUT2D eigenvalue weighted by Gasteiger charge is -2.26. The minimum atomic E-state index is -0.718. The van der Waals surface area contributed by atoms with Gasteiger partial charge in [0.1, 0.15) is 6.54 Å². The molecule has 1 aliphatic carbocycles. The molecule has 0 aromatic carbocycles. The molecule has 0 radical (unpaired) electrons. The first kappa shape index (κ1) is 15.8. The molecule has 2 rings (SSSR count). The SMILES string of the molecule is Cc1csc(=O)n1CC(=O)NCC1CCC(C(=O)O)CC1. The molecule has 0 spiro atoms. The number of carbonyl (C=O) groups is 2. The summed E-state index contributed by atoms with van der Waals surface area (Å²) in [7, 11) is 0. The molecule has 116 valence electrons. The van der Waals surface area contributed by atoms with Crippen molar-refractivity contribution in [1.29, 1.82) is 0 Å². The van der Waals surface area contributed by atoms with E-state index < -0.39 is 5.97 Å². The molecule has 1 saturated carbocycles. The van der Waals surface area contributed by atoms with Crippen molar-refractivity contribution in [2.45, 2.75) is 39.2 Å². The van der Waals surface area contributed by atoms with E-state index in [0.29, 0.717) is 25.3 Å². The van der Waals surface area contributed by atoms with Gasteiger partial charge < -0.3 is 10.4 Å². The Kier molecular flexibility index (Phi) is 5.17. The maximum absolute atomic E-state index is 11.9. The molecule has 0 saturated heterocycles. The van der Waals surface area contributed by atoms with Crippen molar-refractivity contribution < 1.29 is 14.7 Å². The summed E-state index contributed by atoms with van der Waals surface area (Å²) in [4.78, 5) is 34.1. The molecule has 1 heterocycles. The summed E-state index contributed by atoms with van der Waals surface area (Å²) in [6.07, 6.45) is 3.02. The second-order valence-electron chi connectivity index (χ2n) is 5.59. The topological polar surface area (TPSA) is 88.4 Å². The normalized spacial score (nSPS) is 22.0. The Balaban J connectivity index is 1.75. The number of rotatable bonds is 5. The van der Waals surface area contributed by atoms with Gasteiger partial charge in [-0.1, -0.05) is 11.3 Å². The van der Waals surface area contributed by atoms with Gasteiger partial charge in [0.25, 0.3) is 0 Å². The molecule has 0 bridgehead atoms. The van der Waals surface area contributed by atoms with Crippen LogP contribution in [0.3, 0.4) is 0 Å². The number of thiazole rings is 1. The van der Waals surface area contributed by atoms with Crippen LogP contribution in [0.15, 0.2) is 10.2 Å². The third-order valence-corrected chi connectivity index (χ3v) is 4.94. The zero-order valence-electron chi connectivity index (χ0n) is 12.0. The Hall–Kier alpha value is -1.63. The van der Waals surface area contributed by atoms with E-state index in [-0.39, 0.29) is 23.2 Å². The molecule has 0 unspecified atom stereocenters. The molecule has 7 heteroatoms. The van der Waals surface area contributed by atoms with Crippen molar-refractivity contribution in [3.8, 4) is 0 Å². The van der Waals surface area contributed by atoms with Gasteiger partial charge in [-0.2, -0.15) is 0 Å². The van der Waals surface area contributed by atoms with Crippen LogP contribution in [0.2, 0.25) is 0 Å². The number of hydrogen-bond donors (Lipinski definition) is 2. The number of amides is 1. The Labute approximate surface area is 126 Å². The molecule has 0 atom stereocenters. The second kappa shape index (κ2) is 6.89. The zero-order valence-corrected chi connectivity index (χ0v) is 12.8. The minimum Gasteiger partial charge on any atom is -0.481 e. The predicted molar refractivity (Wildman–Crippen MR) is 79.4 cm³/mol. The molecule has 1 aliphatic rings. The first-order valence-electron chi connectivity index (χ1n) is 7.11. The summed E-state index contributed by atoms with van der Waals surface area (Å²) >= 11 is 1.09. The van der Waals surface area contributed by atoms with Crippen LogP contribution in [-0.4, -0.2) is 28.1 Å². The van der Waals surface area contributed by atoms with Gasteiger partial charge in [-0.3, -0.25) is 19.0 Å².